The van der Waals surface area contributed by atoms with Crippen LogP contribution in [0.5, 0.6) is 0 Å². The molecule has 1 aliphatic heterocycles. The van der Waals surface area contributed by atoms with Crippen LogP contribution in [-0.4, -0.2) is 46.8 Å². The number of ether oxygens (including phenoxy) is 2. The van der Waals surface area contributed by atoms with E-state index in [0.29, 0.717) is 25.0 Å². The molecule has 1 atom stereocenters. The van der Waals surface area contributed by atoms with E-state index in [1.807, 2.05) is 37.5 Å². The summed E-state index contributed by atoms with van der Waals surface area (Å²) in [5.41, 5.74) is -0.0452. The number of hydrogen-bond donors (Lipinski definition) is 0. The third-order valence-corrected chi connectivity index (χ3v) is 5.83. The van der Waals surface area contributed by atoms with E-state index in [1.54, 1.807) is 24.1 Å². The number of carbonyl (C=O) groups excluding carboxylic acids is 2. The molecule has 3 rings (SSSR count). The molecule has 0 aliphatic carbocycles. The largest absolute Gasteiger partial charge is 0.462 e. The molecular weight excluding hydrogens is 511 g/mol. The van der Waals surface area contributed by atoms with Crippen molar-refractivity contribution in [2.75, 3.05) is 19.7 Å². The van der Waals surface area contributed by atoms with Gasteiger partial charge in [-0.05, 0) is 87.2 Å². The fourth-order valence-electron chi connectivity index (χ4n) is 3.86. The number of esters is 1. The van der Waals surface area contributed by atoms with E-state index in [1.165, 1.54) is 0 Å². The van der Waals surface area contributed by atoms with Crippen molar-refractivity contribution >= 4 is 45.6 Å². The van der Waals surface area contributed by atoms with Gasteiger partial charge in [0.15, 0.2) is 0 Å². The zero-order valence-corrected chi connectivity index (χ0v) is 20.6. The molecule has 1 fully saturated rings. The summed E-state index contributed by atoms with van der Waals surface area (Å²) in [7, 11) is 0. The van der Waals surface area contributed by atoms with E-state index in [9.17, 15) is 14.4 Å². The van der Waals surface area contributed by atoms with Gasteiger partial charge in [0.25, 0.3) is 0 Å². The predicted molar refractivity (Wildman–Crippen MR) is 127 cm³/mol. The minimum absolute atomic E-state index is 0.0381. The lowest BCUT2D eigenvalue weighted by Gasteiger charge is -2.34. The van der Waals surface area contributed by atoms with Gasteiger partial charge >= 0.3 is 12.1 Å². The zero-order chi connectivity index (χ0) is 22.8. The summed E-state index contributed by atoms with van der Waals surface area (Å²) in [5.74, 6) is -0.428. The van der Waals surface area contributed by atoms with Gasteiger partial charge in [-0.2, -0.15) is 0 Å². The van der Waals surface area contributed by atoms with Crippen LogP contribution in [-0.2, 0) is 16.0 Å². The molecule has 0 bridgehead atoms. The third-order valence-electron chi connectivity index (χ3n) is 5.16. The van der Waals surface area contributed by atoms with Crippen LogP contribution in [0.15, 0.2) is 29.2 Å². The lowest BCUT2D eigenvalue weighted by atomic mass is 9.97. The van der Waals surface area contributed by atoms with Crippen molar-refractivity contribution in [1.29, 1.82) is 0 Å². The van der Waals surface area contributed by atoms with Crippen LogP contribution in [0.2, 0.25) is 0 Å². The van der Waals surface area contributed by atoms with Crippen LogP contribution in [0, 0.1) is 9.49 Å². The monoisotopic (exact) mass is 540 g/mol. The SMILES string of the molecule is CCOC(=O)c1cn(CC2CCCN(C(=O)OC(C)(C)C)C2)c2ccc(I)cc2c1=O. The molecular formula is C23H29IN2O5. The Morgan fingerprint density at radius 2 is 2.00 bits per heavy atom. The molecule has 0 spiro atoms. The number of benzene rings is 1. The lowest BCUT2D eigenvalue weighted by Crippen LogP contribution is -2.43. The quantitative estimate of drug-likeness (QED) is 0.424. The molecule has 1 amide bonds. The Hall–Kier alpha value is -2.10. The van der Waals surface area contributed by atoms with E-state index in [-0.39, 0.29) is 29.6 Å². The van der Waals surface area contributed by atoms with Gasteiger partial charge in [-0.15, -0.1) is 0 Å². The highest BCUT2D eigenvalue weighted by atomic mass is 127. The summed E-state index contributed by atoms with van der Waals surface area (Å²) >= 11 is 2.16. The van der Waals surface area contributed by atoms with Gasteiger partial charge in [0.2, 0.25) is 5.43 Å². The van der Waals surface area contributed by atoms with Crippen molar-refractivity contribution in [3.8, 4) is 0 Å². The van der Waals surface area contributed by atoms with E-state index >= 15 is 0 Å². The molecule has 0 saturated carbocycles. The molecule has 2 heterocycles. The number of amides is 1. The summed E-state index contributed by atoms with van der Waals surface area (Å²) in [6.45, 7) is 9.32. The first-order valence-electron chi connectivity index (χ1n) is 10.6. The second kappa shape index (κ2) is 9.58. The first kappa shape index (κ1) is 23.6. The van der Waals surface area contributed by atoms with Gasteiger partial charge in [0.05, 0.1) is 12.1 Å². The molecule has 1 aliphatic rings. The lowest BCUT2D eigenvalue weighted by molar-refractivity contribution is 0.0157. The van der Waals surface area contributed by atoms with E-state index < -0.39 is 11.6 Å². The van der Waals surface area contributed by atoms with Gasteiger partial charge in [0, 0.05) is 34.8 Å². The van der Waals surface area contributed by atoms with Gasteiger partial charge in [0.1, 0.15) is 11.2 Å². The van der Waals surface area contributed by atoms with E-state index in [2.05, 4.69) is 22.6 Å². The summed E-state index contributed by atoms with van der Waals surface area (Å²) in [4.78, 5) is 39.6. The Morgan fingerprint density at radius 1 is 1.26 bits per heavy atom. The predicted octanol–water partition coefficient (Wildman–Crippen LogP) is 4.43. The van der Waals surface area contributed by atoms with Crippen LogP contribution in [0.25, 0.3) is 10.9 Å². The number of pyridine rings is 1. The number of hydrogen-bond acceptors (Lipinski definition) is 5. The average molecular weight is 540 g/mol. The van der Waals surface area contributed by atoms with Crippen molar-refractivity contribution in [1.82, 2.24) is 9.47 Å². The Bertz CT molecular complexity index is 1040. The fourth-order valence-corrected chi connectivity index (χ4v) is 4.35. The summed E-state index contributed by atoms with van der Waals surface area (Å²) in [5, 5.41) is 0.497. The van der Waals surface area contributed by atoms with Gasteiger partial charge < -0.3 is 18.9 Å². The molecule has 1 aromatic heterocycles. The maximum atomic E-state index is 12.9. The van der Waals surface area contributed by atoms with Gasteiger partial charge in [-0.3, -0.25) is 4.79 Å². The highest BCUT2D eigenvalue weighted by molar-refractivity contribution is 14.1. The third kappa shape index (κ3) is 5.78. The Morgan fingerprint density at radius 3 is 2.68 bits per heavy atom. The Labute approximate surface area is 195 Å². The van der Waals surface area contributed by atoms with Crippen LogP contribution in [0.4, 0.5) is 4.79 Å². The first-order chi connectivity index (χ1) is 14.6. The average Bonchev–Trinajstić information content (AvgIpc) is 2.69. The second-order valence-electron chi connectivity index (χ2n) is 8.84. The molecule has 0 N–H and O–H groups in total. The van der Waals surface area contributed by atoms with Crippen LogP contribution in [0.1, 0.15) is 50.9 Å². The highest BCUT2D eigenvalue weighted by Gasteiger charge is 2.28. The number of carbonyl (C=O) groups is 2. The molecule has 0 radical (unpaired) electrons. The van der Waals surface area contributed by atoms with Gasteiger partial charge in [-0.1, -0.05) is 0 Å². The Balaban J connectivity index is 1.91. The fraction of sp³-hybridized carbons (Fsp3) is 0.522. The van der Waals surface area contributed by atoms with Crippen molar-refractivity contribution in [3.05, 3.63) is 43.8 Å². The summed E-state index contributed by atoms with van der Waals surface area (Å²) < 4.78 is 13.5. The van der Waals surface area contributed by atoms with Crippen LogP contribution >= 0.6 is 22.6 Å². The van der Waals surface area contributed by atoms with Crippen molar-refractivity contribution in [2.24, 2.45) is 5.92 Å². The van der Waals surface area contributed by atoms with E-state index in [0.717, 1.165) is 21.9 Å². The number of fused-ring (bicyclic) bond motifs is 1. The molecule has 8 heteroatoms. The number of aromatic nitrogens is 1. The van der Waals surface area contributed by atoms with Crippen LogP contribution < -0.4 is 5.43 Å². The number of nitrogens with zero attached hydrogens (tertiary/aromatic N) is 2. The van der Waals surface area contributed by atoms with Crippen molar-refractivity contribution < 1.29 is 19.1 Å². The topological polar surface area (TPSA) is 77.8 Å². The smallest absolute Gasteiger partial charge is 0.410 e. The van der Waals surface area contributed by atoms with Crippen molar-refractivity contribution in [2.45, 2.75) is 52.7 Å². The molecule has 31 heavy (non-hydrogen) atoms. The normalized spacial score (nSPS) is 16.9. The van der Waals surface area contributed by atoms with E-state index in [4.69, 9.17) is 9.47 Å². The molecule has 168 valence electrons. The van der Waals surface area contributed by atoms with Gasteiger partial charge in [-0.25, -0.2) is 9.59 Å². The minimum Gasteiger partial charge on any atom is -0.462 e. The number of halogens is 1. The Kier molecular flexibility index (Phi) is 7.28. The van der Waals surface area contributed by atoms with Crippen LogP contribution in [0.3, 0.4) is 0 Å². The second-order valence-corrected chi connectivity index (χ2v) is 10.1. The minimum atomic E-state index is -0.610. The molecule has 2 aromatic rings. The number of likely N-dealkylation sites (tertiary alicyclic amines) is 1. The maximum Gasteiger partial charge on any atom is 0.410 e. The first-order valence-corrected chi connectivity index (χ1v) is 11.6. The molecule has 1 unspecified atom stereocenters. The van der Waals surface area contributed by atoms with Crippen molar-refractivity contribution in [3.63, 3.8) is 0 Å². The number of piperidine rings is 1. The summed E-state index contributed by atoms with van der Waals surface area (Å²) in [6.07, 6.45) is 3.13. The zero-order valence-electron chi connectivity index (χ0n) is 18.4. The molecule has 7 nitrogen and oxygen atoms in total. The highest BCUT2D eigenvalue weighted by Crippen LogP contribution is 2.23. The molecule has 1 saturated heterocycles. The standard InChI is InChI=1S/C23H29IN2O5/c1-5-30-21(28)18-14-26(19-9-8-16(24)11-17(19)20(18)27)13-15-7-6-10-25(12-15)22(29)31-23(2,3)4/h8-9,11,14-15H,5-7,10,12-13H2,1-4H3. The molecule has 1 aromatic carbocycles. The number of rotatable bonds is 4. The summed E-state index contributed by atoms with van der Waals surface area (Å²) in [6, 6.07) is 5.64. The maximum absolute atomic E-state index is 12.9.